The molecule has 0 radical (unpaired) electrons. The van der Waals surface area contributed by atoms with Crippen LogP contribution >= 0.6 is 11.6 Å². The highest BCUT2D eigenvalue weighted by Crippen LogP contribution is 2.42. The van der Waals surface area contributed by atoms with Crippen LogP contribution in [0.3, 0.4) is 0 Å². The summed E-state index contributed by atoms with van der Waals surface area (Å²) in [4.78, 5) is 23.7. The number of fused-ring (bicyclic) bond motifs is 2. The lowest BCUT2D eigenvalue weighted by Crippen LogP contribution is -2.50. The minimum absolute atomic E-state index is 0.0393. The van der Waals surface area contributed by atoms with Crippen LogP contribution in [0.2, 0.25) is 5.02 Å². The van der Waals surface area contributed by atoms with Crippen LogP contribution in [0, 0.1) is 0 Å². The van der Waals surface area contributed by atoms with Crippen LogP contribution in [0.25, 0.3) is 22.2 Å². The van der Waals surface area contributed by atoms with Crippen LogP contribution in [0.4, 0.5) is 0 Å². The van der Waals surface area contributed by atoms with Crippen molar-refractivity contribution in [1.82, 2.24) is 20.2 Å². The fraction of sp³-hybridized carbons (Fsp3) is 0.286. The van der Waals surface area contributed by atoms with Gasteiger partial charge in [-0.15, -0.1) is 0 Å². The van der Waals surface area contributed by atoms with Gasteiger partial charge >= 0.3 is 0 Å². The molecule has 1 amide bonds. The molecule has 142 valence electrons. The molecule has 1 unspecified atom stereocenters. The molecule has 1 N–H and O–H groups in total. The van der Waals surface area contributed by atoms with Crippen LogP contribution in [0.1, 0.15) is 5.56 Å². The first-order valence-corrected chi connectivity index (χ1v) is 9.77. The number of hydrogen-bond acceptors (Lipinski definition) is 5. The summed E-state index contributed by atoms with van der Waals surface area (Å²) in [5.74, 6) is 0.758. The van der Waals surface area contributed by atoms with E-state index in [1.54, 1.807) is 12.4 Å². The summed E-state index contributed by atoms with van der Waals surface area (Å²) in [7, 11) is 0. The second-order valence-corrected chi connectivity index (χ2v) is 7.49. The maximum absolute atomic E-state index is 12.9. The summed E-state index contributed by atoms with van der Waals surface area (Å²) < 4.78 is 6.19. The summed E-state index contributed by atoms with van der Waals surface area (Å²) in [5.41, 5.74) is 4.30. The molecule has 0 spiro atoms. The molecule has 2 aromatic heterocycles. The van der Waals surface area contributed by atoms with Crippen molar-refractivity contribution in [3.63, 3.8) is 0 Å². The molecular formula is C21H19ClN4O2. The van der Waals surface area contributed by atoms with E-state index < -0.39 is 6.10 Å². The van der Waals surface area contributed by atoms with Crippen LogP contribution in [-0.2, 0) is 11.2 Å². The third kappa shape index (κ3) is 2.99. The molecule has 3 aromatic rings. The summed E-state index contributed by atoms with van der Waals surface area (Å²) in [6, 6.07) is 9.47. The van der Waals surface area contributed by atoms with Crippen molar-refractivity contribution in [1.29, 1.82) is 0 Å². The predicted molar refractivity (Wildman–Crippen MR) is 108 cm³/mol. The highest BCUT2D eigenvalue weighted by atomic mass is 35.5. The van der Waals surface area contributed by atoms with E-state index in [1.165, 1.54) is 0 Å². The molecule has 7 heteroatoms. The average Bonchev–Trinajstić information content (AvgIpc) is 3.17. The van der Waals surface area contributed by atoms with E-state index in [0.717, 1.165) is 46.6 Å². The van der Waals surface area contributed by atoms with E-state index in [1.807, 2.05) is 35.2 Å². The van der Waals surface area contributed by atoms with Crippen molar-refractivity contribution in [3.8, 4) is 16.9 Å². The Balaban J connectivity index is 1.54. The van der Waals surface area contributed by atoms with E-state index in [-0.39, 0.29) is 5.91 Å². The number of amides is 1. The number of piperazine rings is 1. The molecule has 1 atom stereocenters. The maximum Gasteiger partial charge on any atom is 0.264 e. The highest BCUT2D eigenvalue weighted by molar-refractivity contribution is 6.31. The monoisotopic (exact) mass is 394 g/mol. The smallest absolute Gasteiger partial charge is 0.264 e. The Hall–Kier alpha value is -2.70. The van der Waals surface area contributed by atoms with Crippen molar-refractivity contribution >= 4 is 28.5 Å². The van der Waals surface area contributed by atoms with Gasteiger partial charge in [0.25, 0.3) is 5.91 Å². The van der Waals surface area contributed by atoms with E-state index in [9.17, 15) is 4.79 Å². The SMILES string of the molecule is O=C(C1Cc2cc(Cl)cc(-c3ccnc4cccnc34)c2O1)N1CCNCC1. The van der Waals surface area contributed by atoms with Gasteiger partial charge in [-0.2, -0.15) is 0 Å². The molecule has 2 aliphatic rings. The largest absolute Gasteiger partial charge is 0.479 e. The average molecular weight is 395 g/mol. The van der Waals surface area contributed by atoms with Crippen molar-refractivity contribution in [2.24, 2.45) is 0 Å². The Bertz CT molecular complexity index is 1060. The standard InChI is InChI=1S/C21H19ClN4O2/c22-14-10-13-11-18(21(27)26-8-6-23-7-9-26)28-20(13)16(12-14)15-3-5-24-17-2-1-4-25-19(15)17/h1-5,10,12,18,23H,6-9,11H2. The summed E-state index contributed by atoms with van der Waals surface area (Å²) >= 11 is 6.41. The Morgan fingerprint density at radius 1 is 1.14 bits per heavy atom. The summed E-state index contributed by atoms with van der Waals surface area (Å²) in [5, 5.41) is 3.89. The van der Waals surface area contributed by atoms with Crippen LogP contribution < -0.4 is 10.1 Å². The van der Waals surface area contributed by atoms with Crippen LogP contribution in [0.5, 0.6) is 5.75 Å². The lowest BCUT2D eigenvalue weighted by atomic mass is 9.99. The number of ether oxygens (including phenoxy) is 1. The van der Waals surface area contributed by atoms with Crippen LogP contribution in [-0.4, -0.2) is 53.1 Å². The van der Waals surface area contributed by atoms with Gasteiger partial charge in [0, 0.05) is 66.7 Å². The number of carbonyl (C=O) groups excluding carboxylic acids is 1. The van der Waals surface area contributed by atoms with E-state index >= 15 is 0 Å². The number of rotatable bonds is 2. The van der Waals surface area contributed by atoms with Gasteiger partial charge in [-0.25, -0.2) is 0 Å². The summed E-state index contributed by atoms with van der Waals surface area (Å²) in [6.07, 6.45) is 3.52. The third-order valence-electron chi connectivity index (χ3n) is 5.29. The predicted octanol–water partition coefficient (Wildman–Crippen LogP) is 2.69. The zero-order valence-electron chi connectivity index (χ0n) is 15.2. The van der Waals surface area contributed by atoms with Gasteiger partial charge in [0.05, 0.1) is 11.0 Å². The molecule has 2 aliphatic heterocycles. The molecule has 1 saturated heterocycles. The number of hydrogen-bond donors (Lipinski definition) is 1. The van der Waals surface area contributed by atoms with Gasteiger partial charge in [-0.05, 0) is 30.3 Å². The van der Waals surface area contributed by atoms with E-state index in [4.69, 9.17) is 16.3 Å². The first kappa shape index (κ1) is 17.4. The normalized spacial score (nSPS) is 18.8. The van der Waals surface area contributed by atoms with Crippen molar-refractivity contribution in [2.45, 2.75) is 12.5 Å². The van der Waals surface area contributed by atoms with Crippen molar-refractivity contribution in [2.75, 3.05) is 26.2 Å². The molecule has 28 heavy (non-hydrogen) atoms. The fourth-order valence-corrected chi connectivity index (χ4v) is 4.19. The van der Waals surface area contributed by atoms with Gasteiger partial charge < -0.3 is 15.0 Å². The number of pyridine rings is 2. The second kappa shape index (κ2) is 7.04. The van der Waals surface area contributed by atoms with Crippen molar-refractivity contribution < 1.29 is 9.53 Å². The maximum atomic E-state index is 12.9. The molecular weight excluding hydrogens is 376 g/mol. The van der Waals surface area contributed by atoms with E-state index in [2.05, 4.69) is 15.3 Å². The Morgan fingerprint density at radius 3 is 2.86 bits per heavy atom. The highest BCUT2D eigenvalue weighted by Gasteiger charge is 2.35. The molecule has 0 saturated carbocycles. The zero-order valence-corrected chi connectivity index (χ0v) is 15.9. The number of carbonyl (C=O) groups is 1. The van der Waals surface area contributed by atoms with Gasteiger partial charge in [0.15, 0.2) is 6.10 Å². The lowest BCUT2D eigenvalue weighted by Gasteiger charge is -2.29. The number of nitrogens with one attached hydrogen (secondary N) is 1. The van der Waals surface area contributed by atoms with Crippen LogP contribution in [0.15, 0.2) is 42.7 Å². The van der Waals surface area contributed by atoms with Crippen molar-refractivity contribution in [3.05, 3.63) is 53.3 Å². The first-order valence-electron chi connectivity index (χ1n) is 9.39. The topological polar surface area (TPSA) is 67.3 Å². The van der Waals surface area contributed by atoms with Gasteiger partial charge in [0.2, 0.25) is 0 Å². The van der Waals surface area contributed by atoms with Gasteiger partial charge in [0.1, 0.15) is 5.75 Å². The molecule has 4 heterocycles. The Kier molecular flexibility index (Phi) is 4.37. The van der Waals surface area contributed by atoms with E-state index in [0.29, 0.717) is 24.5 Å². The number of nitrogens with zero attached hydrogens (tertiary/aromatic N) is 3. The molecule has 0 bridgehead atoms. The number of aromatic nitrogens is 2. The molecule has 5 rings (SSSR count). The molecule has 0 aliphatic carbocycles. The lowest BCUT2D eigenvalue weighted by molar-refractivity contribution is -0.138. The van der Waals surface area contributed by atoms with Gasteiger partial charge in [-0.3, -0.25) is 14.8 Å². The zero-order chi connectivity index (χ0) is 19.1. The molecule has 1 aromatic carbocycles. The quantitative estimate of drug-likeness (QED) is 0.723. The first-order chi connectivity index (χ1) is 13.7. The summed E-state index contributed by atoms with van der Waals surface area (Å²) in [6.45, 7) is 3.05. The fourth-order valence-electron chi connectivity index (χ4n) is 3.95. The Labute approximate surface area is 167 Å². The Morgan fingerprint density at radius 2 is 2.00 bits per heavy atom. The third-order valence-corrected chi connectivity index (χ3v) is 5.50. The van der Waals surface area contributed by atoms with Gasteiger partial charge in [-0.1, -0.05) is 11.6 Å². The molecule has 6 nitrogen and oxygen atoms in total. The number of halogens is 1. The number of benzene rings is 1. The minimum Gasteiger partial charge on any atom is -0.479 e. The molecule has 1 fully saturated rings. The minimum atomic E-state index is -0.508. The second-order valence-electron chi connectivity index (χ2n) is 7.06.